The number of thiophene rings is 1. The van der Waals surface area contributed by atoms with E-state index < -0.39 is 0 Å². The minimum absolute atomic E-state index is 0.165. The molecule has 0 fully saturated rings. The number of aromatic nitrogens is 2. The Bertz CT molecular complexity index is 631. The summed E-state index contributed by atoms with van der Waals surface area (Å²) in [6.45, 7) is 0. The summed E-state index contributed by atoms with van der Waals surface area (Å²) in [5.74, 6) is 1.03. The van der Waals surface area contributed by atoms with Crippen molar-refractivity contribution in [2.24, 2.45) is 0 Å². The largest absolute Gasteiger partial charge is 0.506 e. The average molecular weight is 244 g/mol. The third-order valence-corrected chi connectivity index (χ3v) is 3.19. The second-order valence-corrected chi connectivity index (χ2v) is 4.34. The standard InChI is InChI=1S/C12H8N2O2S/c15-9-6-7-17-10(9)12-13-11(14-16-12)8-4-2-1-3-5-8/h1-7,15H. The fourth-order valence-electron chi connectivity index (χ4n) is 1.48. The van der Waals surface area contributed by atoms with Crippen LogP contribution in [0.5, 0.6) is 5.75 Å². The maximum Gasteiger partial charge on any atom is 0.272 e. The maximum absolute atomic E-state index is 9.57. The number of rotatable bonds is 2. The number of nitrogens with zero attached hydrogens (tertiary/aromatic N) is 2. The second-order valence-electron chi connectivity index (χ2n) is 3.42. The zero-order chi connectivity index (χ0) is 11.7. The lowest BCUT2D eigenvalue weighted by Crippen LogP contribution is -1.79. The number of hydrogen-bond acceptors (Lipinski definition) is 5. The molecule has 0 unspecified atom stereocenters. The Kier molecular flexibility index (Phi) is 2.38. The molecule has 3 aromatic rings. The molecule has 1 aromatic carbocycles. The van der Waals surface area contributed by atoms with Crippen LogP contribution in [0.15, 0.2) is 46.3 Å². The summed E-state index contributed by atoms with van der Waals surface area (Å²) in [4.78, 5) is 4.85. The molecular formula is C12H8N2O2S. The Hall–Kier alpha value is -2.14. The van der Waals surface area contributed by atoms with Crippen LogP contribution in [0.25, 0.3) is 22.2 Å². The number of aromatic hydroxyl groups is 1. The van der Waals surface area contributed by atoms with E-state index >= 15 is 0 Å². The molecule has 5 heteroatoms. The molecule has 84 valence electrons. The molecule has 0 saturated heterocycles. The topological polar surface area (TPSA) is 59.2 Å². The second kappa shape index (κ2) is 4.03. The van der Waals surface area contributed by atoms with Crippen LogP contribution in [-0.4, -0.2) is 15.2 Å². The van der Waals surface area contributed by atoms with E-state index in [0.29, 0.717) is 16.6 Å². The third-order valence-electron chi connectivity index (χ3n) is 2.30. The Morgan fingerprint density at radius 1 is 1.12 bits per heavy atom. The van der Waals surface area contributed by atoms with Gasteiger partial charge in [0.05, 0.1) is 0 Å². The summed E-state index contributed by atoms with van der Waals surface area (Å²) in [5, 5.41) is 15.2. The van der Waals surface area contributed by atoms with Crippen molar-refractivity contribution in [3.63, 3.8) is 0 Å². The van der Waals surface area contributed by atoms with E-state index in [1.165, 1.54) is 11.3 Å². The molecule has 0 saturated carbocycles. The van der Waals surface area contributed by atoms with Crippen LogP contribution < -0.4 is 0 Å². The predicted molar refractivity (Wildman–Crippen MR) is 64.7 cm³/mol. The highest BCUT2D eigenvalue weighted by atomic mass is 32.1. The van der Waals surface area contributed by atoms with Crippen LogP contribution in [0.1, 0.15) is 0 Å². The monoisotopic (exact) mass is 244 g/mol. The summed E-state index contributed by atoms with van der Waals surface area (Å²) in [7, 11) is 0. The smallest absolute Gasteiger partial charge is 0.272 e. The molecule has 0 spiro atoms. The van der Waals surface area contributed by atoms with Crippen molar-refractivity contribution in [1.82, 2.24) is 10.1 Å². The Morgan fingerprint density at radius 2 is 1.94 bits per heavy atom. The van der Waals surface area contributed by atoms with Gasteiger partial charge in [-0.25, -0.2) is 0 Å². The quantitative estimate of drug-likeness (QED) is 0.752. The zero-order valence-corrected chi connectivity index (χ0v) is 9.52. The van der Waals surface area contributed by atoms with Gasteiger partial charge in [-0.05, 0) is 11.4 Å². The van der Waals surface area contributed by atoms with E-state index in [0.717, 1.165) is 5.56 Å². The van der Waals surface area contributed by atoms with Gasteiger partial charge in [-0.3, -0.25) is 0 Å². The Morgan fingerprint density at radius 3 is 2.65 bits per heavy atom. The molecule has 0 atom stereocenters. The molecule has 1 N–H and O–H groups in total. The summed E-state index contributed by atoms with van der Waals surface area (Å²) >= 11 is 1.36. The molecule has 0 aliphatic carbocycles. The van der Waals surface area contributed by atoms with Gasteiger partial charge in [-0.2, -0.15) is 4.98 Å². The van der Waals surface area contributed by atoms with Crippen molar-refractivity contribution < 1.29 is 9.63 Å². The molecule has 2 aromatic heterocycles. The van der Waals surface area contributed by atoms with E-state index in [1.54, 1.807) is 11.4 Å². The summed E-state index contributed by atoms with van der Waals surface area (Å²) in [5.41, 5.74) is 0.888. The molecule has 3 rings (SSSR count). The lowest BCUT2D eigenvalue weighted by atomic mass is 10.2. The highest BCUT2D eigenvalue weighted by Gasteiger charge is 2.14. The number of benzene rings is 1. The van der Waals surface area contributed by atoms with Crippen molar-refractivity contribution >= 4 is 11.3 Å². The molecule has 0 radical (unpaired) electrons. The van der Waals surface area contributed by atoms with Gasteiger partial charge in [0.25, 0.3) is 5.89 Å². The van der Waals surface area contributed by atoms with Crippen LogP contribution >= 0.6 is 11.3 Å². The van der Waals surface area contributed by atoms with Gasteiger partial charge in [0.2, 0.25) is 5.82 Å². The van der Waals surface area contributed by atoms with Gasteiger partial charge in [-0.1, -0.05) is 35.5 Å². The summed E-state index contributed by atoms with van der Waals surface area (Å²) in [6.07, 6.45) is 0. The van der Waals surface area contributed by atoms with Crippen molar-refractivity contribution in [2.75, 3.05) is 0 Å². The molecule has 0 aliphatic rings. The molecule has 0 bridgehead atoms. The van der Waals surface area contributed by atoms with E-state index in [4.69, 9.17) is 4.52 Å². The minimum Gasteiger partial charge on any atom is -0.506 e. The minimum atomic E-state index is 0.165. The van der Waals surface area contributed by atoms with E-state index in [1.807, 2.05) is 30.3 Å². The molecule has 0 amide bonds. The normalized spacial score (nSPS) is 10.6. The first kappa shape index (κ1) is 10.0. The highest BCUT2D eigenvalue weighted by molar-refractivity contribution is 7.13. The first-order chi connectivity index (χ1) is 8.34. The van der Waals surface area contributed by atoms with E-state index in [2.05, 4.69) is 10.1 Å². The van der Waals surface area contributed by atoms with Crippen LogP contribution in [0, 0.1) is 0 Å². The summed E-state index contributed by atoms with van der Waals surface area (Å²) in [6, 6.07) is 11.2. The first-order valence-electron chi connectivity index (χ1n) is 5.00. The maximum atomic E-state index is 9.57. The molecule has 4 nitrogen and oxygen atoms in total. The third kappa shape index (κ3) is 1.81. The van der Waals surface area contributed by atoms with Gasteiger partial charge in [-0.15, -0.1) is 11.3 Å². The lowest BCUT2D eigenvalue weighted by Gasteiger charge is -1.90. The van der Waals surface area contributed by atoms with Gasteiger partial charge in [0.15, 0.2) is 0 Å². The number of hydrogen-bond donors (Lipinski definition) is 1. The van der Waals surface area contributed by atoms with E-state index in [9.17, 15) is 5.11 Å². The van der Waals surface area contributed by atoms with E-state index in [-0.39, 0.29) is 5.75 Å². The zero-order valence-electron chi connectivity index (χ0n) is 8.70. The van der Waals surface area contributed by atoms with Gasteiger partial charge in [0, 0.05) is 5.56 Å². The molecular weight excluding hydrogens is 236 g/mol. The van der Waals surface area contributed by atoms with Crippen LogP contribution in [-0.2, 0) is 0 Å². The highest BCUT2D eigenvalue weighted by Crippen LogP contribution is 2.34. The van der Waals surface area contributed by atoms with Crippen LogP contribution in [0.2, 0.25) is 0 Å². The van der Waals surface area contributed by atoms with Crippen molar-refractivity contribution in [1.29, 1.82) is 0 Å². The fourth-order valence-corrected chi connectivity index (χ4v) is 2.19. The van der Waals surface area contributed by atoms with Crippen molar-refractivity contribution in [3.8, 4) is 27.9 Å². The average Bonchev–Trinajstić information content (AvgIpc) is 2.98. The van der Waals surface area contributed by atoms with Crippen LogP contribution in [0.3, 0.4) is 0 Å². The SMILES string of the molecule is Oc1ccsc1-c1nc(-c2ccccc2)no1. The molecule has 0 aliphatic heterocycles. The van der Waals surface area contributed by atoms with Gasteiger partial charge in [0.1, 0.15) is 10.6 Å². The Balaban J connectivity index is 2.02. The van der Waals surface area contributed by atoms with Crippen LogP contribution in [0.4, 0.5) is 0 Å². The van der Waals surface area contributed by atoms with Gasteiger partial charge >= 0.3 is 0 Å². The Labute approximate surface area is 101 Å². The fraction of sp³-hybridized carbons (Fsp3) is 0. The first-order valence-corrected chi connectivity index (χ1v) is 5.88. The summed E-state index contributed by atoms with van der Waals surface area (Å²) < 4.78 is 5.13. The molecule has 17 heavy (non-hydrogen) atoms. The van der Waals surface area contributed by atoms with Crippen molar-refractivity contribution in [3.05, 3.63) is 41.8 Å². The lowest BCUT2D eigenvalue weighted by molar-refractivity contribution is 0.427. The van der Waals surface area contributed by atoms with Gasteiger partial charge < -0.3 is 9.63 Å². The molecule has 2 heterocycles. The predicted octanol–water partition coefficient (Wildman–Crippen LogP) is 3.17. The van der Waals surface area contributed by atoms with Crippen molar-refractivity contribution in [2.45, 2.75) is 0 Å².